The largest absolute Gasteiger partial charge is 0.756 e. The lowest BCUT2D eigenvalue weighted by Gasteiger charge is -2.28. The predicted octanol–water partition coefficient (Wildman–Crippen LogP) is 10.8. The number of unbranched alkanes of at least 4 members (excludes halogenated alkanes) is 10. The van der Waals surface area contributed by atoms with E-state index in [-0.39, 0.29) is 26.1 Å². The molecule has 0 aromatic carbocycles. The average molecular weight is 778 g/mol. The van der Waals surface area contributed by atoms with Crippen molar-refractivity contribution >= 4 is 19.8 Å². The SMILES string of the molecule is CC/C=C\C/C=C\C/C=C\C/C=C\CCCCC(=O)OC(COC(=O)CCCCCCC/C=C\C/C=C\CCCCC)COP(=O)([O-])OCC[N+](C)(C)C. The highest BCUT2D eigenvalue weighted by Gasteiger charge is 2.21. The van der Waals surface area contributed by atoms with E-state index in [1.807, 2.05) is 21.1 Å². The molecule has 310 valence electrons. The number of phosphoric ester groups is 1. The maximum Gasteiger partial charge on any atom is 0.306 e. The number of carbonyl (C=O) groups is 2. The zero-order valence-electron chi connectivity index (χ0n) is 34.6. The highest BCUT2D eigenvalue weighted by Crippen LogP contribution is 2.38. The van der Waals surface area contributed by atoms with Crippen molar-refractivity contribution in [3.05, 3.63) is 72.9 Å². The van der Waals surface area contributed by atoms with Crippen LogP contribution < -0.4 is 4.89 Å². The Morgan fingerprint density at radius 2 is 1.06 bits per heavy atom. The van der Waals surface area contributed by atoms with Crippen molar-refractivity contribution in [1.29, 1.82) is 0 Å². The summed E-state index contributed by atoms with van der Waals surface area (Å²) in [7, 11) is 1.11. The second-order valence-electron chi connectivity index (χ2n) is 14.6. The van der Waals surface area contributed by atoms with Crippen LogP contribution in [0.4, 0.5) is 0 Å². The number of hydrogen-bond acceptors (Lipinski definition) is 8. The number of hydrogen-bond donors (Lipinski definition) is 0. The molecule has 0 fully saturated rings. The van der Waals surface area contributed by atoms with Crippen LogP contribution >= 0.6 is 7.82 Å². The summed E-state index contributed by atoms with van der Waals surface area (Å²) in [5, 5.41) is 0. The fraction of sp³-hybridized carbons (Fsp3) is 0.682. The Morgan fingerprint density at radius 3 is 1.61 bits per heavy atom. The monoisotopic (exact) mass is 778 g/mol. The summed E-state index contributed by atoms with van der Waals surface area (Å²) in [6.07, 6.45) is 43.6. The van der Waals surface area contributed by atoms with E-state index in [0.717, 1.165) is 77.0 Å². The van der Waals surface area contributed by atoms with Crippen LogP contribution in [0, 0.1) is 0 Å². The molecule has 0 amide bonds. The maximum absolute atomic E-state index is 12.6. The number of quaternary nitrogens is 1. The van der Waals surface area contributed by atoms with Gasteiger partial charge in [0.05, 0.1) is 27.7 Å². The van der Waals surface area contributed by atoms with E-state index < -0.39 is 32.5 Å². The number of phosphoric acid groups is 1. The van der Waals surface area contributed by atoms with Gasteiger partial charge in [0, 0.05) is 12.8 Å². The Hall–Kier alpha value is -2.55. The van der Waals surface area contributed by atoms with Gasteiger partial charge in [0.2, 0.25) is 0 Å². The normalized spacial score (nSPS) is 14.4. The number of nitrogens with zero attached hydrogens (tertiary/aromatic N) is 1. The molecule has 0 aliphatic carbocycles. The molecule has 0 bridgehead atoms. The van der Waals surface area contributed by atoms with Crippen LogP contribution in [0.5, 0.6) is 0 Å². The number of rotatable bonds is 36. The molecule has 9 nitrogen and oxygen atoms in total. The standard InChI is InChI=1S/C44H76NO8P/c1-6-8-10-12-14-16-18-20-22-24-26-28-30-32-34-36-43(46)50-40-42(41-52-54(48,49)51-39-38-45(3,4)5)53-44(47)37-35-33-31-29-27-25-23-21-19-17-15-13-11-9-7-2/h9,11,14-17,20-23,27,29,42H,6-8,10,12-13,18-19,24-26,28,30-41H2,1-5H3/b11-9-,16-14-,17-15-,22-20-,23-21-,29-27-. The molecular formula is C44H76NO8P. The molecule has 0 radical (unpaired) electrons. The van der Waals surface area contributed by atoms with Crippen molar-refractivity contribution < 1.29 is 42.1 Å². The third-order valence-corrected chi connectivity index (χ3v) is 9.17. The minimum absolute atomic E-state index is 0.0451. The second kappa shape index (κ2) is 36.1. The van der Waals surface area contributed by atoms with E-state index in [2.05, 4.69) is 86.8 Å². The molecule has 0 aliphatic rings. The minimum atomic E-state index is -4.64. The van der Waals surface area contributed by atoms with Gasteiger partial charge in [-0.2, -0.15) is 0 Å². The van der Waals surface area contributed by atoms with Crippen molar-refractivity contribution in [2.24, 2.45) is 0 Å². The van der Waals surface area contributed by atoms with Crippen LogP contribution in [0.3, 0.4) is 0 Å². The van der Waals surface area contributed by atoms with Gasteiger partial charge >= 0.3 is 11.9 Å². The van der Waals surface area contributed by atoms with Gasteiger partial charge < -0.3 is 27.9 Å². The Kier molecular flexibility index (Phi) is 34.4. The minimum Gasteiger partial charge on any atom is -0.756 e. The highest BCUT2D eigenvalue weighted by molar-refractivity contribution is 7.45. The summed E-state index contributed by atoms with van der Waals surface area (Å²) in [5.41, 5.74) is 0. The van der Waals surface area contributed by atoms with Crippen LogP contribution in [0.2, 0.25) is 0 Å². The van der Waals surface area contributed by atoms with Gasteiger partial charge in [0.25, 0.3) is 7.82 Å². The van der Waals surface area contributed by atoms with Gasteiger partial charge in [-0.3, -0.25) is 14.2 Å². The number of likely N-dealkylation sites (N-methyl/N-ethyl adjacent to an activating group) is 1. The summed E-state index contributed by atoms with van der Waals surface area (Å²) in [6.45, 7) is 3.99. The van der Waals surface area contributed by atoms with E-state index in [1.54, 1.807) is 0 Å². The van der Waals surface area contributed by atoms with Crippen molar-refractivity contribution in [2.45, 2.75) is 148 Å². The lowest BCUT2D eigenvalue weighted by atomic mass is 10.1. The first-order chi connectivity index (χ1) is 26.0. The molecule has 0 aromatic heterocycles. The van der Waals surface area contributed by atoms with Crippen molar-refractivity contribution in [3.8, 4) is 0 Å². The molecule has 0 saturated heterocycles. The van der Waals surface area contributed by atoms with E-state index in [9.17, 15) is 19.0 Å². The van der Waals surface area contributed by atoms with Crippen molar-refractivity contribution in [2.75, 3.05) is 47.5 Å². The quantitative estimate of drug-likeness (QED) is 0.0203. The third-order valence-electron chi connectivity index (χ3n) is 8.21. The third kappa shape index (κ3) is 39.2. The Balaban J connectivity index is 4.51. The lowest BCUT2D eigenvalue weighted by molar-refractivity contribution is -0.870. The first-order valence-electron chi connectivity index (χ1n) is 20.6. The molecule has 0 rings (SSSR count). The molecule has 0 N–H and O–H groups in total. The average Bonchev–Trinajstić information content (AvgIpc) is 3.12. The van der Waals surface area contributed by atoms with Crippen molar-refractivity contribution in [1.82, 2.24) is 0 Å². The van der Waals surface area contributed by atoms with Gasteiger partial charge in [-0.15, -0.1) is 0 Å². The lowest BCUT2D eigenvalue weighted by Crippen LogP contribution is -2.37. The summed E-state index contributed by atoms with van der Waals surface area (Å²) in [4.78, 5) is 37.4. The second-order valence-corrected chi connectivity index (χ2v) is 16.0. The van der Waals surface area contributed by atoms with Gasteiger partial charge in [-0.1, -0.05) is 119 Å². The van der Waals surface area contributed by atoms with Crippen LogP contribution in [0.1, 0.15) is 142 Å². The zero-order valence-corrected chi connectivity index (χ0v) is 35.5. The highest BCUT2D eigenvalue weighted by atomic mass is 31.2. The first kappa shape index (κ1) is 51.5. The molecule has 0 aromatic rings. The van der Waals surface area contributed by atoms with E-state index >= 15 is 0 Å². The van der Waals surface area contributed by atoms with Gasteiger partial charge in [-0.05, 0) is 83.5 Å². The molecule has 0 heterocycles. The van der Waals surface area contributed by atoms with Crippen LogP contribution in [-0.4, -0.2) is 70.0 Å². The topological polar surface area (TPSA) is 111 Å². The summed E-state index contributed by atoms with van der Waals surface area (Å²) < 4.78 is 33.8. The Labute approximate surface area is 329 Å². The Morgan fingerprint density at radius 1 is 0.593 bits per heavy atom. The molecule has 2 atom stereocenters. The summed E-state index contributed by atoms with van der Waals surface area (Å²) >= 11 is 0. The number of esters is 2. The van der Waals surface area contributed by atoms with Crippen LogP contribution in [0.25, 0.3) is 0 Å². The maximum atomic E-state index is 12.6. The molecule has 2 unspecified atom stereocenters. The molecule has 0 spiro atoms. The zero-order chi connectivity index (χ0) is 40.0. The molecule has 0 aliphatic heterocycles. The molecule has 10 heteroatoms. The number of carbonyl (C=O) groups excluding carboxylic acids is 2. The summed E-state index contributed by atoms with van der Waals surface area (Å²) in [6, 6.07) is 0. The van der Waals surface area contributed by atoms with E-state index in [1.165, 1.54) is 25.7 Å². The number of ether oxygens (including phenoxy) is 2. The fourth-order valence-corrected chi connectivity index (χ4v) is 5.70. The van der Waals surface area contributed by atoms with E-state index in [4.69, 9.17) is 18.5 Å². The molecule has 54 heavy (non-hydrogen) atoms. The predicted molar refractivity (Wildman–Crippen MR) is 222 cm³/mol. The Bertz CT molecular complexity index is 1150. The summed E-state index contributed by atoms with van der Waals surface area (Å²) in [5.74, 6) is -0.908. The molecular weight excluding hydrogens is 701 g/mol. The van der Waals surface area contributed by atoms with Crippen molar-refractivity contribution in [3.63, 3.8) is 0 Å². The van der Waals surface area contributed by atoms with Crippen LogP contribution in [-0.2, 0) is 32.7 Å². The fourth-order valence-electron chi connectivity index (χ4n) is 4.97. The van der Waals surface area contributed by atoms with Gasteiger partial charge in [0.1, 0.15) is 19.8 Å². The number of allylic oxidation sites excluding steroid dienone is 12. The van der Waals surface area contributed by atoms with Crippen LogP contribution in [0.15, 0.2) is 72.9 Å². The van der Waals surface area contributed by atoms with E-state index in [0.29, 0.717) is 23.9 Å². The smallest absolute Gasteiger partial charge is 0.306 e. The first-order valence-corrected chi connectivity index (χ1v) is 22.1. The molecule has 0 saturated carbocycles. The van der Waals surface area contributed by atoms with Gasteiger partial charge in [-0.25, -0.2) is 0 Å². The van der Waals surface area contributed by atoms with Gasteiger partial charge in [0.15, 0.2) is 6.10 Å².